The van der Waals surface area contributed by atoms with Crippen LogP contribution in [0.4, 0.5) is 0 Å². The second-order valence-corrected chi connectivity index (χ2v) is 9.56. The molecule has 1 saturated heterocycles. The van der Waals surface area contributed by atoms with Gasteiger partial charge in [0.25, 0.3) is 0 Å². The molecule has 0 radical (unpaired) electrons. The van der Waals surface area contributed by atoms with E-state index in [0.717, 1.165) is 19.6 Å². The second kappa shape index (κ2) is 13.0. The first kappa shape index (κ1) is 25.6. The Morgan fingerprint density at radius 2 is 1.61 bits per heavy atom. The highest BCUT2D eigenvalue weighted by molar-refractivity contribution is 14.0. The van der Waals surface area contributed by atoms with E-state index in [2.05, 4.69) is 39.8 Å². The number of nitrogens with one attached hydrogen (secondary N) is 2. The van der Waals surface area contributed by atoms with E-state index in [1.807, 2.05) is 19.1 Å². The lowest BCUT2D eigenvalue weighted by Crippen LogP contribution is -2.40. The predicted molar refractivity (Wildman–Crippen MR) is 138 cm³/mol. The van der Waals surface area contributed by atoms with E-state index in [4.69, 9.17) is 4.99 Å². The summed E-state index contributed by atoms with van der Waals surface area (Å²) in [5.74, 6) is 0.677. The zero-order chi connectivity index (χ0) is 21.2. The number of sulfone groups is 1. The van der Waals surface area contributed by atoms with Gasteiger partial charge in [-0.2, -0.15) is 0 Å². The molecule has 0 spiro atoms. The number of rotatable bonds is 9. The van der Waals surface area contributed by atoms with E-state index in [9.17, 15) is 8.42 Å². The molecule has 1 atom stereocenters. The van der Waals surface area contributed by atoms with Gasteiger partial charge in [0, 0.05) is 13.1 Å². The number of benzene rings is 2. The van der Waals surface area contributed by atoms with E-state index in [-0.39, 0.29) is 35.8 Å². The molecule has 2 aromatic rings. The minimum Gasteiger partial charge on any atom is -0.357 e. The summed E-state index contributed by atoms with van der Waals surface area (Å²) >= 11 is 0. The Kier molecular flexibility index (Phi) is 10.8. The molecule has 2 aromatic carbocycles. The molecule has 6 nitrogen and oxygen atoms in total. The van der Waals surface area contributed by atoms with Crippen molar-refractivity contribution in [1.82, 2.24) is 15.5 Å². The summed E-state index contributed by atoms with van der Waals surface area (Å²) in [5, 5.41) is 6.42. The van der Waals surface area contributed by atoms with Crippen LogP contribution in [0.2, 0.25) is 0 Å². The molecular formula is C23H33IN4O2S. The van der Waals surface area contributed by atoms with Crippen LogP contribution in [-0.2, 0) is 9.84 Å². The van der Waals surface area contributed by atoms with Gasteiger partial charge in [-0.05, 0) is 50.6 Å². The van der Waals surface area contributed by atoms with Crippen LogP contribution >= 0.6 is 24.0 Å². The topological polar surface area (TPSA) is 73.8 Å². The summed E-state index contributed by atoms with van der Waals surface area (Å²) in [6, 6.07) is 19.3. The van der Waals surface area contributed by atoms with Gasteiger partial charge < -0.3 is 10.6 Å². The summed E-state index contributed by atoms with van der Waals surface area (Å²) in [6.45, 7) is 5.85. The Labute approximate surface area is 203 Å². The summed E-state index contributed by atoms with van der Waals surface area (Å²) in [4.78, 5) is 7.63. The number of guanidine groups is 1. The Morgan fingerprint density at radius 3 is 2.23 bits per heavy atom. The van der Waals surface area contributed by atoms with Crippen molar-refractivity contribution < 1.29 is 8.42 Å². The van der Waals surface area contributed by atoms with Crippen molar-refractivity contribution in [3.63, 3.8) is 0 Å². The van der Waals surface area contributed by atoms with Crippen LogP contribution in [0.5, 0.6) is 0 Å². The van der Waals surface area contributed by atoms with E-state index in [1.54, 1.807) is 24.3 Å². The summed E-state index contributed by atoms with van der Waals surface area (Å²) in [7, 11) is -3.31. The fourth-order valence-corrected chi connectivity index (χ4v) is 4.91. The minimum atomic E-state index is -3.31. The van der Waals surface area contributed by atoms with Gasteiger partial charge in [-0.15, -0.1) is 24.0 Å². The molecule has 0 aliphatic carbocycles. The van der Waals surface area contributed by atoms with Gasteiger partial charge in [0.1, 0.15) is 0 Å². The van der Waals surface area contributed by atoms with Crippen LogP contribution in [0.3, 0.4) is 0 Å². The molecular weight excluding hydrogens is 523 g/mol. The maximum absolute atomic E-state index is 12.5. The minimum absolute atomic E-state index is 0. The zero-order valence-electron chi connectivity index (χ0n) is 18.0. The highest BCUT2D eigenvalue weighted by atomic mass is 127. The smallest absolute Gasteiger partial charge is 0.191 e. The van der Waals surface area contributed by atoms with Crippen molar-refractivity contribution in [2.45, 2.75) is 30.7 Å². The summed E-state index contributed by atoms with van der Waals surface area (Å²) in [5.41, 5.74) is 1.27. The monoisotopic (exact) mass is 556 g/mol. The zero-order valence-corrected chi connectivity index (χ0v) is 21.2. The third-order valence-corrected chi connectivity index (χ3v) is 7.03. The largest absolute Gasteiger partial charge is 0.357 e. The molecule has 0 amide bonds. The van der Waals surface area contributed by atoms with E-state index in [1.165, 1.54) is 18.4 Å². The molecule has 1 heterocycles. The SMILES string of the molecule is CCNC(=NCC(c1ccccc1)N1CCCC1)NCCS(=O)(=O)c1ccccc1.I. The van der Waals surface area contributed by atoms with Crippen molar-refractivity contribution in [2.24, 2.45) is 4.99 Å². The standard InChI is InChI=1S/C23H32N4O2S.HI/c1-2-24-23(25-15-18-30(28,29)21-13-7-4-8-14-21)26-19-22(27-16-9-10-17-27)20-11-5-3-6-12-20;/h3-8,11-14,22H,2,9-10,15-19H2,1H3,(H2,24,25,26);1H. The van der Waals surface area contributed by atoms with Gasteiger partial charge in [0.15, 0.2) is 15.8 Å². The maximum Gasteiger partial charge on any atom is 0.191 e. The first-order valence-corrected chi connectivity index (χ1v) is 12.3. The molecule has 2 N–H and O–H groups in total. The molecule has 0 saturated carbocycles. The normalized spacial score (nSPS) is 15.8. The molecule has 0 bridgehead atoms. The number of hydrogen-bond donors (Lipinski definition) is 2. The first-order chi connectivity index (χ1) is 14.6. The van der Waals surface area contributed by atoms with Crippen molar-refractivity contribution in [3.05, 3.63) is 66.2 Å². The van der Waals surface area contributed by atoms with Crippen molar-refractivity contribution >= 4 is 39.8 Å². The van der Waals surface area contributed by atoms with Gasteiger partial charge >= 0.3 is 0 Å². The first-order valence-electron chi connectivity index (χ1n) is 10.7. The highest BCUT2D eigenvalue weighted by Crippen LogP contribution is 2.25. The maximum atomic E-state index is 12.5. The molecule has 170 valence electrons. The quantitative estimate of drug-likeness (QED) is 0.281. The third kappa shape index (κ3) is 7.76. The number of nitrogens with zero attached hydrogens (tertiary/aromatic N) is 2. The molecule has 31 heavy (non-hydrogen) atoms. The molecule has 1 aliphatic rings. The van der Waals surface area contributed by atoms with Crippen LogP contribution < -0.4 is 10.6 Å². The Hall–Kier alpha value is -1.65. The number of halogens is 1. The van der Waals surface area contributed by atoms with Gasteiger partial charge in [-0.3, -0.25) is 9.89 Å². The van der Waals surface area contributed by atoms with E-state index < -0.39 is 9.84 Å². The Balaban J connectivity index is 0.00000341. The lowest BCUT2D eigenvalue weighted by Gasteiger charge is -2.27. The second-order valence-electron chi connectivity index (χ2n) is 7.45. The van der Waals surface area contributed by atoms with Crippen LogP contribution in [0, 0.1) is 0 Å². The molecule has 1 aliphatic heterocycles. The summed E-state index contributed by atoms with van der Waals surface area (Å²) in [6.07, 6.45) is 2.45. The van der Waals surface area contributed by atoms with Crippen LogP contribution in [0.1, 0.15) is 31.4 Å². The molecule has 1 unspecified atom stereocenters. The van der Waals surface area contributed by atoms with Gasteiger partial charge in [-0.25, -0.2) is 8.42 Å². The average molecular weight is 557 g/mol. The highest BCUT2D eigenvalue weighted by Gasteiger charge is 2.23. The van der Waals surface area contributed by atoms with Crippen LogP contribution in [0.25, 0.3) is 0 Å². The van der Waals surface area contributed by atoms with Crippen molar-refractivity contribution in [1.29, 1.82) is 0 Å². The predicted octanol–water partition coefficient (Wildman–Crippen LogP) is 3.47. The van der Waals surface area contributed by atoms with Crippen LogP contribution in [0.15, 0.2) is 70.6 Å². The number of hydrogen-bond acceptors (Lipinski definition) is 4. The fourth-order valence-electron chi connectivity index (χ4n) is 3.73. The third-order valence-electron chi connectivity index (χ3n) is 5.30. The van der Waals surface area contributed by atoms with Gasteiger partial charge in [0.2, 0.25) is 0 Å². The van der Waals surface area contributed by atoms with Crippen molar-refractivity contribution in [2.75, 3.05) is 38.5 Å². The Morgan fingerprint density at radius 1 is 1.00 bits per heavy atom. The van der Waals surface area contributed by atoms with Gasteiger partial charge in [0.05, 0.1) is 23.2 Å². The molecule has 3 rings (SSSR count). The summed E-state index contributed by atoms with van der Waals surface area (Å²) < 4.78 is 25.0. The fraction of sp³-hybridized carbons (Fsp3) is 0.435. The van der Waals surface area contributed by atoms with Gasteiger partial charge in [-0.1, -0.05) is 48.5 Å². The lowest BCUT2D eigenvalue weighted by atomic mass is 10.1. The molecule has 1 fully saturated rings. The van der Waals surface area contributed by atoms with E-state index >= 15 is 0 Å². The molecule has 0 aromatic heterocycles. The van der Waals surface area contributed by atoms with Crippen molar-refractivity contribution in [3.8, 4) is 0 Å². The van der Waals surface area contributed by atoms with Crippen LogP contribution in [-0.4, -0.2) is 57.8 Å². The van der Waals surface area contributed by atoms with E-state index in [0.29, 0.717) is 23.9 Å². The average Bonchev–Trinajstić information content (AvgIpc) is 3.30. The number of aliphatic imine (C=N–C) groups is 1. The lowest BCUT2D eigenvalue weighted by molar-refractivity contribution is 0.251. The number of likely N-dealkylation sites (tertiary alicyclic amines) is 1. The molecule has 8 heteroatoms. The Bertz CT molecular complexity index is 902.